The highest BCUT2D eigenvalue weighted by molar-refractivity contribution is 5.97. The molecule has 3 N–H and O–H groups in total. The first-order valence-electron chi connectivity index (χ1n) is 13.9. The minimum Gasteiger partial charge on any atom is -0.369 e. The molecule has 6 rings (SSSR count). The fourth-order valence-electron chi connectivity index (χ4n) is 6.23. The molecule has 0 radical (unpaired) electrons. The highest BCUT2D eigenvalue weighted by Gasteiger charge is 2.39. The topological polar surface area (TPSA) is 82.7 Å². The number of nitrogens with one attached hydrogen (secondary N) is 3. The Kier molecular flexibility index (Phi) is 6.77. The second-order valence-electron chi connectivity index (χ2n) is 11.1. The van der Waals surface area contributed by atoms with Gasteiger partial charge in [0.2, 0.25) is 5.91 Å². The number of para-hydroxylation sites is 1. The van der Waals surface area contributed by atoms with Gasteiger partial charge in [-0.05, 0) is 43.5 Å². The van der Waals surface area contributed by atoms with Crippen molar-refractivity contribution in [2.45, 2.75) is 56.4 Å². The summed E-state index contributed by atoms with van der Waals surface area (Å²) in [5.74, 6) is -0.0263. The number of benzene rings is 2. The molecule has 2 aromatic carbocycles. The van der Waals surface area contributed by atoms with Crippen LogP contribution in [0.3, 0.4) is 0 Å². The monoisotopic (exact) mass is 517 g/mol. The van der Waals surface area contributed by atoms with Gasteiger partial charge in [0.25, 0.3) is 0 Å². The van der Waals surface area contributed by atoms with E-state index in [1.165, 1.54) is 6.42 Å². The maximum absolute atomic E-state index is 14.3. The van der Waals surface area contributed by atoms with Crippen LogP contribution in [0.2, 0.25) is 0 Å². The van der Waals surface area contributed by atoms with Crippen LogP contribution in [-0.2, 0) is 16.6 Å². The van der Waals surface area contributed by atoms with Crippen molar-refractivity contribution in [1.82, 2.24) is 20.3 Å². The zero-order chi connectivity index (χ0) is 26.7. The smallest absolute Gasteiger partial charge is 0.245 e. The van der Waals surface area contributed by atoms with Crippen molar-refractivity contribution in [2.75, 3.05) is 11.9 Å². The molecule has 0 unspecified atom stereocenters. The second kappa shape index (κ2) is 10.5. The van der Waals surface area contributed by atoms with Crippen molar-refractivity contribution in [3.05, 3.63) is 103 Å². The van der Waals surface area contributed by atoms with Crippen LogP contribution in [0.15, 0.2) is 91.5 Å². The number of carbonyl (C=O) groups excluding carboxylic acids is 1. The lowest BCUT2D eigenvalue weighted by atomic mass is 9.71. The van der Waals surface area contributed by atoms with Crippen LogP contribution < -0.4 is 10.6 Å². The number of hydrogen-bond acceptors (Lipinski definition) is 4. The Morgan fingerprint density at radius 1 is 0.949 bits per heavy atom. The quantitative estimate of drug-likeness (QED) is 0.218. The third-order valence-corrected chi connectivity index (χ3v) is 8.41. The van der Waals surface area contributed by atoms with Crippen molar-refractivity contribution in [1.29, 1.82) is 0 Å². The summed E-state index contributed by atoms with van der Waals surface area (Å²) in [4.78, 5) is 26.8. The molecule has 0 spiro atoms. The summed E-state index contributed by atoms with van der Waals surface area (Å²) in [5, 5.41) is 10.2. The van der Waals surface area contributed by atoms with Gasteiger partial charge in [-0.2, -0.15) is 0 Å². The lowest BCUT2D eigenvalue weighted by molar-refractivity contribution is -0.125. The van der Waals surface area contributed by atoms with E-state index in [0.29, 0.717) is 13.0 Å². The molecular weight excluding hydrogens is 482 g/mol. The first-order chi connectivity index (χ1) is 19.1. The number of aromatic nitrogens is 3. The SMILES string of the molecule is C[C@@](Cc1c[nH]c2ccccc12)(Nc1cncc2ccccc12)C(=O)NCC1(c2ccccn2)CCCCC1. The van der Waals surface area contributed by atoms with E-state index in [-0.39, 0.29) is 11.3 Å². The summed E-state index contributed by atoms with van der Waals surface area (Å²) in [6.45, 7) is 2.57. The number of amides is 1. The molecule has 6 heteroatoms. The molecule has 1 aliphatic rings. The van der Waals surface area contributed by atoms with Crippen LogP contribution in [0.5, 0.6) is 0 Å². The Balaban J connectivity index is 1.34. The van der Waals surface area contributed by atoms with Crippen molar-refractivity contribution in [2.24, 2.45) is 0 Å². The van der Waals surface area contributed by atoms with Crippen molar-refractivity contribution in [3.8, 4) is 0 Å². The number of fused-ring (bicyclic) bond motifs is 2. The van der Waals surface area contributed by atoms with E-state index >= 15 is 0 Å². The van der Waals surface area contributed by atoms with E-state index in [1.54, 1.807) is 0 Å². The van der Waals surface area contributed by atoms with Crippen molar-refractivity contribution >= 4 is 33.3 Å². The van der Waals surface area contributed by atoms with Gasteiger partial charge in [0.05, 0.1) is 11.9 Å². The molecule has 1 saturated carbocycles. The summed E-state index contributed by atoms with van der Waals surface area (Å²) in [6, 6.07) is 22.5. The van der Waals surface area contributed by atoms with Gasteiger partial charge in [-0.1, -0.05) is 67.8 Å². The molecule has 0 bridgehead atoms. The molecule has 3 aromatic heterocycles. The van der Waals surface area contributed by atoms with Crippen LogP contribution in [-0.4, -0.2) is 32.9 Å². The summed E-state index contributed by atoms with van der Waals surface area (Å²) in [7, 11) is 0. The Morgan fingerprint density at radius 3 is 2.54 bits per heavy atom. The number of anilines is 1. The number of carbonyl (C=O) groups is 1. The van der Waals surface area contributed by atoms with Gasteiger partial charge in [-0.3, -0.25) is 14.8 Å². The maximum Gasteiger partial charge on any atom is 0.245 e. The van der Waals surface area contributed by atoms with Gasteiger partial charge in [0, 0.05) is 64.3 Å². The molecule has 1 atom stereocenters. The molecule has 1 aliphatic carbocycles. The number of H-pyrrole nitrogens is 1. The second-order valence-corrected chi connectivity index (χ2v) is 11.1. The maximum atomic E-state index is 14.3. The molecular formula is C33H35N5O. The summed E-state index contributed by atoms with van der Waals surface area (Å²) in [6.07, 6.45) is 13.7. The summed E-state index contributed by atoms with van der Waals surface area (Å²) < 4.78 is 0. The van der Waals surface area contributed by atoms with Gasteiger partial charge < -0.3 is 15.6 Å². The number of pyridine rings is 2. The minimum absolute atomic E-state index is 0.0263. The zero-order valence-corrected chi connectivity index (χ0v) is 22.4. The lowest BCUT2D eigenvalue weighted by Gasteiger charge is -2.38. The van der Waals surface area contributed by atoms with Crippen LogP contribution in [0, 0.1) is 0 Å². The molecule has 1 amide bonds. The van der Waals surface area contributed by atoms with Crippen LogP contribution in [0.25, 0.3) is 21.7 Å². The zero-order valence-electron chi connectivity index (χ0n) is 22.4. The highest BCUT2D eigenvalue weighted by Crippen LogP contribution is 2.38. The van der Waals surface area contributed by atoms with E-state index < -0.39 is 5.54 Å². The van der Waals surface area contributed by atoms with Crippen molar-refractivity contribution < 1.29 is 4.79 Å². The van der Waals surface area contributed by atoms with Gasteiger partial charge in [0.1, 0.15) is 5.54 Å². The number of rotatable bonds is 8. The Bertz CT molecular complexity index is 1580. The Hall–Kier alpha value is -4.19. The van der Waals surface area contributed by atoms with E-state index in [4.69, 9.17) is 4.98 Å². The fourth-order valence-corrected chi connectivity index (χ4v) is 6.23. The van der Waals surface area contributed by atoms with Crippen molar-refractivity contribution in [3.63, 3.8) is 0 Å². The van der Waals surface area contributed by atoms with Gasteiger partial charge in [-0.15, -0.1) is 0 Å². The predicted octanol–water partition coefficient (Wildman–Crippen LogP) is 6.54. The predicted molar refractivity (Wildman–Crippen MR) is 158 cm³/mol. The summed E-state index contributed by atoms with van der Waals surface area (Å²) in [5.41, 5.74) is 3.03. The van der Waals surface area contributed by atoms with Gasteiger partial charge in [0.15, 0.2) is 0 Å². The average molecular weight is 518 g/mol. The first-order valence-corrected chi connectivity index (χ1v) is 13.9. The number of aromatic amines is 1. The normalized spacial score (nSPS) is 16.5. The van der Waals surface area contributed by atoms with Crippen LogP contribution in [0.4, 0.5) is 5.69 Å². The summed E-state index contributed by atoms with van der Waals surface area (Å²) >= 11 is 0. The van der Waals surface area contributed by atoms with E-state index in [9.17, 15) is 4.79 Å². The van der Waals surface area contributed by atoms with Crippen LogP contribution in [0.1, 0.15) is 50.3 Å². The molecule has 0 aliphatic heterocycles. The lowest BCUT2D eigenvalue weighted by Crippen LogP contribution is -2.55. The Morgan fingerprint density at radius 2 is 1.72 bits per heavy atom. The minimum atomic E-state index is -0.920. The first kappa shape index (κ1) is 25.1. The molecule has 6 nitrogen and oxygen atoms in total. The number of nitrogens with zero attached hydrogens (tertiary/aromatic N) is 2. The van der Waals surface area contributed by atoms with E-state index in [0.717, 1.165) is 64.3 Å². The molecule has 5 aromatic rings. The Labute approximate surface area is 229 Å². The molecule has 3 heterocycles. The molecule has 0 saturated heterocycles. The van der Waals surface area contributed by atoms with Gasteiger partial charge in [-0.25, -0.2) is 0 Å². The fraction of sp³-hybridized carbons (Fsp3) is 0.303. The van der Waals surface area contributed by atoms with Crippen LogP contribution >= 0.6 is 0 Å². The largest absolute Gasteiger partial charge is 0.369 e. The molecule has 39 heavy (non-hydrogen) atoms. The molecule has 198 valence electrons. The third-order valence-electron chi connectivity index (χ3n) is 8.41. The number of hydrogen-bond donors (Lipinski definition) is 3. The average Bonchev–Trinajstić information content (AvgIpc) is 3.39. The van der Waals surface area contributed by atoms with E-state index in [1.807, 2.05) is 68.1 Å². The highest BCUT2D eigenvalue weighted by atomic mass is 16.2. The molecule has 1 fully saturated rings. The van der Waals surface area contributed by atoms with Gasteiger partial charge >= 0.3 is 0 Å². The standard InChI is InChI=1S/C33H35N5O/c1-32(19-25-21-36-28-14-6-5-13-27(25)28,38-29-22-34-20-24-11-3-4-12-26(24)29)31(39)37-23-33(16-8-2-9-17-33)30-15-7-10-18-35-30/h3-7,10-15,18,20-22,36,38H,2,8-9,16-17,19,23H2,1H3,(H,37,39)/t32-/m0/s1. The third kappa shape index (κ3) is 4.99. The van der Waals surface area contributed by atoms with E-state index in [2.05, 4.69) is 50.9 Å².